The lowest BCUT2D eigenvalue weighted by Crippen LogP contribution is -2.51. The molecule has 0 amide bonds. The van der Waals surface area contributed by atoms with Crippen molar-refractivity contribution >= 4 is 26.1 Å². The highest BCUT2D eigenvalue weighted by Crippen LogP contribution is 2.39. The molecular weight excluding hydrogens is 441 g/mol. The van der Waals surface area contributed by atoms with Crippen LogP contribution in [0.2, 0.25) is 0 Å². The summed E-state index contributed by atoms with van der Waals surface area (Å²) in [5.74, 6) is 0. The van der Waals surface area contributed by atoms with E-state index >= 15 is 0 Å². The summed E-state index contributed by atoms with van der Waals surface area (Å²) in [6.07, 6.45) is -4.81. The fourth-order valence-electron chi connectivity index (χ4n) is 3.23. The molecule has 0 bridgehead atoms. The van der Waals surface area contributed by atoms with Gasteiger partial charge in [-0.05, 0) is 32.9 Å². The average molecular weight is 461 g/mol. The van der Waals surface area contributed by atoms with Crippen molar-refractivity contribution in [3.8, 4) is 11.3 Å². The van der Waals surface area contributed by atoms with Crippen LogP contribution in [0, 0.1) is 6.92 Å². The molecule has 0 unspecified atom stereocenters. The molecule has 1 aromatic carbocycles. The summed E-state index contributed by atoms with van der Waals surface area (Å²) in [5, 5.41) is 16.8. The first-order chi connectivity index (χ1) is 13.8. The van der Waals surface area contributed by atoms with Gasteiger partial charge in [-0.1, -0.05) is 17.4 Å². The van der Waals surface area contributed by atoms with Crippen LogP contribution in [-0.2, 0) is 21.6 Å². The third kappa shape index (κ3) is 3.41. The van der Waals surface area contributed by atoms with E-state index in [0.29, 0.717) is 21.4 Å². The molecule has 3 heterocycles. The fourth-order valence-corrected chi connectivity index (χ4v) is 5.99. The molecule has 1 fully saturated rings. The first-order valence-corrected chi connectivity index (χ1v) is 11.4. The number of alkyl halides is 3. The molecular formula is C18H19F3N4O3S2. The fraction of sp³-hybridized carbons (Fsp3) is 0.444. The van der Waals surface area contributed by atoms with E-state index in [1.54, 1.807) is 20.8 Å². The van der Waals surface area contributed by atoms with E-state index in [9.17, 15) is 26.7 Å². The van der Waals surface area contributed by atoms with Crippen molar-refractivity contribution in [2.45, 2.75) is 42.7 Å². The number of benzene rings is 1. The minimum Gasteiger partial charge on any atom is -0.383 e. The van der Waals surface area contributed by atoms with Gasteiger partial charge in [0, 0.05) is 18.7 Å². The van der Waals surface area contributed by atoms with Gasteiger partial charge in [-0.15, -0.1) is 0 Å². The number of aromatic nitrogens is 3. The Morgan fingerprint density at radius 1 is 1.27 bits per heavy atom. The van der Waals surface area contributed by atoms with Crippen LogP contribution >= 0.6 is 11.3 Å². The molecule has 12 heteroatoms. The summed E-state index contributed by atoms with van der Waals surface area (Å²) in [7, 11) is -4.18. The number of nitrogens with zero attached hydrogens (tertiary/aromatic N) is 3. The number of aliphatic hydroxyl groups is 1. The molecule has 1 aliphatic heterocycles. The molecule has 0 spiro atoms. The Labute approximate surface area is 174 Å². The van der Waals surface area contributed by atoms with E-state index in [1.165, 1.54) is 10.6 Å². The van der Waals surface area contributed by atoms with E-state index in [4.69, 9.17) is 0 Å². The van der Waals surface area contributed by atoms with Crippen LogP contribution in [0.1, 0.15) is 30.1 Å². The van der Waals surface area contributed by atoms with Gasteiger partial charge < -0.3 is 10.4 Å². The van der Waals surface area contributed by atoms with Crippen LogP contribution in [0.5, 0.6) is 0 Å². The molecule has 4 rings (SSSR count). The number of halogens is 3. The average Bonchev–Trinajstić information content (AvgIpc) is 3.07. The van der Waals surface area contributed by atoms with Gasteiger partial charge in [0.25, 0.3) is 0 Å². The minimum atomic E-state index is -4.81. The number of nitrogens with one attached hydrogen (secondary N) is 1. The summed E-state index contributed by atoms with van der Waals surface area (Å²) >= 11 is 1.15. The number of fused-ring (bicyclic) bond motifs is 1. The second-order valence-electron chi connectivity index (χ2n) is 7.74. The Hall–Kier alpha value is -2.02. The van der Waals surface area contributed by atoms with Crippen LogP contribution in [-0.4, -0.2) is 46.5 Å². The Bertz CT molecular complexity index is 1240. The molecule has 2 aromatic heterocycles. The summed E-state index contributed by atoms with van der Waals surface area (Å²) < 4.78 is 67.9. The van der Waals surface area contributed by atoms with E-state index in [-0.39, 0.29) is 18.7 Å². The smallest absolute Gasteiger partial charge is 0.383 e. The molecule has 2 N–H and O–H groups in total. The van der Waals surface area contributed by atoms with E-state index in [0.717, 1.165) is 23.5 Å². The van der Waals surface area contributed by atoms with Crippen LogP contribution in [0.3, 0.4) is 0 Å². The summed E-state index contributed by atoms with van der Waals surface area (Å²) in [4.78, 5) is 4.08. The van der Waals surface area contributed by atoms with Crippen molar-refractivity contribution in [1.29, 1.82) is 0 Å². The maximum atomic E-state index is 13.6. The highest BCUT2D eigenvalue weighted by molar-refractivity contribution is 7.92. The number of rotatable bonds is 4. The van der Waals surface area contributed by atoms with Crippen LogP contribution in [0.15, 0.2) is 23.1 Å². The first-order valence-electron chi connectivity index (χ1n) is 9.05. The molecule has 7 nitrogen and oxygen atoms in total. The van der Waals surface area contributed by atoms with Crippen molar-refractivity contribution in [3.63, 3.8) is 0 Å². The predicted octanol–water partition coefficient (Wildman–Crippen LogP) is 2.76. The van der Waals surface area contributed by atoms with Crippen molar-refractivity contribution in [2.75, 3.05) is 13.1 Å². The van der Waals surface area contributed by atoms with E-state index in [2.05, 4.69) is 15.4 Å². The summed E-state index contributed by atoms with van der Waals surface area (Å²) in [6.45, 7) is 5.02. The molecule has 0 aliphatic carbocycles. The monoisotopic (exact) mass is 460 g/mol. The zero-order valence-corrected chi connectivity index (χ0v) is 17.9. The second kappa shape index (κ2) is 6.74. The van der Waals surface area contributed by atoms with Gasteiger partial charge in [-0.2, -0.15) is 18.3 Å². The van der Waals surface area contributed by atoms with Crippen LogP contribution in [0.4, 0.5) is 13.2 Å². The van der Waals surface area contributed by atoms with Crippen molar-refractivity contribution < 1.29 is 26.7 Å². The summed E-state index contributed by atoms with van der Waals surface area (Å²) in [5.41, 5.74) is -1.28. The molecule has 162 valence electrons. The number of sulfone groups is 1. The largest absolute Gasteiger partial charge is 0.417 e. The lowest BCUT2D eigenvalue weighted by molar-refractivity contribution is -0.139. The highest BCUT2D eigenvalue weighted by Gasteiger charge is 2.41. The van der Waals surface area contributed by atoms with Gasteiger partial charge >= 0.3 is 6.18 Å². The number of imidazole rings is 1. The first kappa shape index (κ1) is 21.2. The zero-order chi connectivity index (χ0) is 22.1. The van der Waals surface area contributed by atoms with Gasteiger partial charge in [0.15, 0.2) is 9.84 Å². The van der Waals surface area contributed by atoms with Crippen LogP contribution in [0.25, 0.3) is 16.2 Å². The van der Waals surface area contributed by atoms with Crippen molar-refractivity contribution in [3.05, 3.63) is 34.5 Å². The zero-order valence-electron chi connectivity index (χ0n) is 16.3. The molecule has 0 saturated carbocycles. The molecule has 0 atom stereocenters. The van der Waals surface area contributed by atoms with Gasteiger partial charge in [-0.25, -0.2) is 17.9 Å². The minimum absolute atomic E-state index is 0.112. The topological polar surface area (TPSA) is 96.6 Å². The number of hydrogen-bond acceptors (Lipinski definition) is 7. The van der Waals surface area contributed by atoms with Crippen molar-refractivity contribution in [2.24, 2.45) is 0 Å². The quantitative estimate of drug-likeness (QED) is 0.622. The third-order valence-corrected chi connectivity index (χ3v) is 8.33. The number of aryl methyl sites for hydroxylation is 1. The Balaban J connectivity index is 1.93. The van der Waals surface area contributed by atoms with Gasteiger partial charge in [-0.3, -0.25) is 0 Å². The maximum absolute atomic E-state index is 13.6. The Morgan fingerprint density at radius 2 is 1.93 bits per heavy atom. The van der Waals surface area contributed by atoms with Gasteiger partial charge in [0.2, 0.25) is 4.96 Å². The summed E-state index contributed by atoms with van der Waals surface area (Å²) in [6, 6.07) is 3.06. The number of hydrogen-bond donors (Lipinski definition) is 2. The molecule has 3 aromatic rings. The normalized spacial score (nSPS) is 16.2. The van der Waals surface area contributed by atoms with Crippen molar-refractivity contribution in [1.82, 2.24) is 19.9 Å². The Kier molecular flexibility index (Phi) is 4.77. The molecule has 1 aliphatic rings. The third-order valence-electron chi connectivity index (χ3n) is 4.95. The highest BCUT2D eigenvalue weighted by atomic mass is 32.2. The molecule has 1 saturated heterocycles. The maximum Gasteiger partial charge on any atom is 0.417 e. The molecule has 0 radical (unpaired) electrons. The molecule has 30 heavy (non-hydrogen) atoms. The lowest BCUT2D eigenvalue weighted by Gasteiger charge is -2.28. The van der Waals surface area contributed by atoms with E-state index in [1.807, 2.05) is 0 Å². The van der Waals surface area contributed by atoms with E-state index < -0.39 is 37.3 Å². The predicted molar refractivity (Wildman–Crippen MR) is 105 cm³/mol. The standard InChI is InChI=1S/C18H19F3N4O3S2/c1-9-14(25-16(23-9)29-15(24-25)17(2,3)26)10-4-5-12(18(19,20)21)13(6-10)30(27,28)11-7-22-8-11/h4-6,11,22,26H,7-8H2,1-3H3. The SMILES string of the molecule is Cc1nc2sc(C(C)(C)O)nn2c1-c1ccc(C(F)(F)F)c(S(=O)(=O)C2CNC2)c1. The second-order valence-corrected chi connectivity index (χ2v) is 10.9. The lowest BCUT2D eigenvalue weighted by atomic mass is 10.1. The van der Waals surface area contributed by atoms with Crippen LogP contribution < -0.4 is 5.32 Å². The Morgan fingerprint density at radius 3 is 2.47 bits per heavy atom. The van der Waals surface area contributed by atoms with Gasteiger partial charge in [0.05, 0.1) is 27.1 Å². The van der Waals surface area contributed by atoms with Gasteiger partial charge in [0.1, 0.15) is 10.6 Å².